The summed E-state index contributed by atoms with van der Waals surface area (Å²) in [7, 11) is 3.68. The molecule has 4 heterocycles. The van der Waals surface area contributed by atoms with Gasteiger partial charge < -0.3 is 19.5 Å². The van der Waals surface area contributed by atoms with E-state index in [4.69, 9.17) is 14.7 Å². The average Bonchev–Trinajstić information content (AvgIpc) is 3.41. The van der Waals surface area contributed by atoms with Crippen molar-refractivity contribution in [3.8, 4) is 11.4 Å². The Balaban J connectivity index is 1.54. The van der Waals surface area contributed by atoms with E-state index in [0.29, 0.717) is 6.61 Å². The van der Waals surface area contributed by atoms with Crippen LogP contribution in [-0.2, 0) is 18.3 Å². The fourth-order valence-electron chi connectivity index (χ4n) is 4.06. The van der Waals surface area contributed by atoms with Crippen molar-refractivity contribution in [1.82, 2.24) is 24.7 Å². The van der Waals surface area contributed by atoms with Crippen LogP contribution in [0.2, 0.25) is 0 Å². The number of fused-ring (bicyclic) bond motifs is 2. The smallest absolute Gasteiger partial charge is 0.162 e. The minimum atomic E-state index is 0.661. The first-order chi connectivity index (χ1) is 14.7. The lowest BCUT2D eigenvalue weighted by Gasteiger charge is -2.37. The molecule has 1 aliphatic rings. The second-order valence-electron chi connectivity index (χ2n) is 7.57. The van der Waals surface area contributed by atoms with Crippen LogP contribution in [0.25, 0.3) is 22.3 Å². The van der Waals surface area contributed by atoms with Crippen molar-refractivity contribution in [2.75, 3.05) is 43.2 Å². The summed E-state index contributed by atoms with van der Waals surface area (Å²) >= 11 is 0. The third-order valence-electron chi connectivity index (χ3n) is 5.56. The Bertz CT molecular complexity index is 1170. The Morgan fingerprint density at radius 3 is 2.87 bits per heavy atom. The SMILES string of the molecule is COCCN1CCN(Cc2cnn(C)c2)c2cnc(-c3cccc4[nH]ccc34)nc21. The van der Waals surface area contributed by atoms with Gasteiger partial charge in [0.25, 0.3) is 0 Å². The van der Waals surface area contributed by atoms with E-state index >= 15 is 0 Å². The Kier molecular flexibility index (Phi) is 4.84. The van der Waals surface area contributed by atoms with Gasteiger partial charge in [-0.3, -0.25) is 4.68 Å². The van der Waals surface area contributed by atoms with Crippen LogP contribution in [0.15, 0.2) is 49.1 Å². The normalized spacial score (nSPS) is 13.8. The Morgan fingerprint density at radius 1 is 1.13 bits per heavy atom. The van der Waals surface area contributed by atoms with Crippen LogP contribution >= 0.6 is 0 Å². The first kappa shape index (κ1) is 18.6. The van der Waals surface area contributed by atoms with Gasteiger partial charge in [0.2, 0.25) is 0 Å². The van der Waals surface area contributed by atoms with Crippen LogP contribution < -0.4 is 9.80 Å². The summed E-state index contributed by atoms with van der Waals surface area (Å²) in [4.78, 5) is 17.7. The molecular weight excluding hydrogens is 378 g/mol. The fourth-order valence-corrected chi connectivity index (χ4v) is 4.06. The number of benzene rings is 1. The first-order valence-corrected chi connectivity index (χ1v) is 10.1. The van der Waals surface area contributed by atoms with Gasteiger partial charge in [-0.15, -0.1) is 0 Å². The number of aromatic amines is 1. The maximum atomic E-state index is 5.33. The molecule has 8 nitrogen and oxygen atoms in total. The molecule has 30 heavy (non-hydrogen) atoms. The second-order valence-corrected chi connectivity index (χ2v) is 7.57. The Labute approximate surface area is 175 Å². The fraction of sp³-hybridized carbons (Fsp3) is 0.318. The van der Waals surface area contributed by atoms with Crippen LogP contribution in [0.5, 0.6) is 0 Å². The topological polar surface area (TPSA) is 75.1 Å². The van der Waals surface area contributed by atoms with Crippen LogP contribution in [0.1, 0.15) is 5.56 Å². The number of ether oxygens (including phenoxy) is 1. The highest BCUT2D eigenvalue weighted by Gasteiger charge is 2.26. The van der Waals surface area contributed by atoms with E-state index < -0.39 is 0 Å². The molecule has 1 aliphatic heterocycles. The van der Waals surface area contributed by atoms with Crippen LogP contribution in [-0.4, -0.2) is 58.1 Å². The number of rotatable bonds is 6. The van der Waals surface area contributed by atoms with E-state index in [1.807, 2.05) is 36.4 Å². The van der Waals surface area contributed by atoms with Crippen molar-refractivity contribution in [3.63, 3.8) is 0 Å². The lowest BCUT2D eigenvalue weighted by atomic mass is 10.1. The molecule has 5 rings (SSSR count). The number of methoxy groups -OCH3 is 1. The standard InChI is InChI=1S/C22H25N7O/c1-27-14-16(12-25-27)15-29-9-8-28(10-11-30-2)22-20(29)13-24-21(26-22)18-4-3-5-19-17(18)6-7-23-19/h3-7,12-14,23H,8-11,15H2,1-2H3. The van der Waals surface area contributed by atoms with Gasteiger partial charge in [0.15, 0.2) is 11.6 Å². The first-order valence-electron chi connectivity index (χ1n) is 10.1. The largest absolute Gasteiger partial charge is 0.383 e. The minimum absolute atomic E-state index is 0.661. The summed E-state index contributed by atoms with van der Waals surface area (Å²) in [5, 5.41) is 5.43. The molecule has 154 valence electrons. The van der Waals surface area contributed by atoms with Crippen molar-refractivity contribution < 1.29 is 4.74 Å². The zero-order chi connectivity index (χ0) is 20.5. The number of hydrogen-bond donors (Lipinski definition) is 1. The highest BCUT2D eigenvalue weighted by atomic mass is 16.5. The van der Waals surface area contributed by atoms with E-state index in [2.05, 4.69) is 44.3 Å². The van der Waals surface area contributed by atoms with Crippen molar-refractivity contribution in [1.29, 1.82) is 0 Å². The van der Waals surface area contributed by atoms with Gasteiger partial charge in [0.1, 0.15) is 0 Å². The summed E-state index contributed by atoms with van der Waals surface area (Å²) in [5.74, 6) is 1.70. The molecule has 1 N–H and O–H groups in total. The van der Waals surface area contributed by atoms with E-state index in [1.54, 1.807) is 7.11 Å². The monoisotopic (exact) mass is 403 g/mol. The number of nitrogens with one attached hydrogen (secondary N) is 1. The van der Waals surface area contributed by atoms with E-state index in [-0.39, 0.29) is 0 Å². The lowest BCUT2D eigenvalue weighted by Crippen LogP contribution is -2.42. The number of aromatic nitrogens is 5. The van der Waals surface area contributed by atoms with Gasteiger partial charge in [-0.05, 0) is 12.1 Å². The summed E-state index contributed by atoms with van der Waals surface area (Å²) in [6.07, 6.45) is 7.88. The van der Waals surface area contributed by atoms with Crippen molar-refractivity contribution in [2.45, 2.75) is 6.54 Å². The van der Waals surface area contributed by atoms with Gasteiger partial charge in [0.05, 0.1) is 24.7 Å². The van der Waals surface area contributed by atoms with Crippen molar-refractivity contribution in [3.05, 3.63) is 54.6 Å². The third-order valence-corrected chi connectivity index (χ3v) is 5.56. The molecule has 0 radical (unpaired) electrons. The van der Waals surface area contributed by atoms with Crippen LogP contribution in [0, 0.1) is 0 Å². The Morgan fingerprint density at radius 2 is 2.03 bits per heavy atom. The van der Waals surface area contributed by atoms with Gasteiger partial charge in [-0.2, -0.15) is 5.10 Å². The summed E-state index contributed by atoms with van der Waals surface area (Å²) in [6, 6.07) is 8.25. The highest BCUT2D eigenvalue weighted by Crippen LogP contribution is 2.34. The zero-order valence-corrected chi connectivity index (χ0v) is 17.2. The van der Waals surface area contributed by atoms with Gasteiger partial charge >= 0.3 is 0 Å². The van der Waals surface area contributed by atoms with Gasteiger partial charge in [-0.1, -0.05) is 12.1 Å². The predicted octanol–water partition coefficient (Wildman–Crippen LogP) is 2.83. The Hall–Kier alpha value is -3.39. The molecule has 0 unspecified atom stereocenters. The molecule has 0 aliphatic carbocycles. The summed E-state index contributed by atoms with van der Waals surface area (Å²) in [5.41, 5.74) is 4.34. The zero-order valence-electron chi connectivity index (χ0n) is 17.2. The molecule has 0 saturated heterocycles. The highest BCUT2D eigenvalue weighted by molar-refractivity contribution is 5.93. The molecule has 1 aromatic carbocycles. The maximum Gasteiger partial charge on any atom is 0.162 e. The molecule has 0 saturated carbocycles. The summed E-state index contributed by atoms with van der Waals surface area (Å²) in [6.45, 7) is 4.04. The second kappa shape index (κ2) is 7.79. The van der Waals surface area contributed by atoms with E-state index in [0.717, 1.165) is 60.0 Å². The third kappa shape index (κ3) is 3.39. The summed E-state index contributed by atoms with van der Waals surface area (Å²) < 4.78 is 7.17. The van der Waals surface area contributed by atoms with Crippen LogP contribution in [0.4, 0.5) is 11.5 Å². The molecule has 4 aromatic rings. The number of hydrogen-bond acceptors (Lipinski definition) is 6. The molecule has 0 atom stereocenters. The maximum absolute atomic E-state index is 5.33. The molecule has 0 fully saturated rings. The molecule has 0 amide bonds. The lowest BCUT2D eigenvalue weighted by molar-refractivity contribution is 0.205. The van der Waals surface area contributed by atoms with Crippen LogP contribution in [0.3, 0.4) is 0 Å². The predicted molar refractivity (Wildman–Crippen MR) is 118 cm³/mol. The van der Waals surface area contributed by atoms with Gasteiger partial charge in [-0.25, -0.2) is 9.97 Å². The van der Waals surface area contributed by atoms with Gasteiger partial charge in [0, 0.05) is 74.8 Å². The van der Waals surface area contributed by atoms with E-state index in [9.17, 15) is 0 Å². The van der Waals surface area contributed by atoms with Crippen molar-refractivity contribution in [2.24, 2.45) is 7.05 Å². The molecule has 3 aromatic heterocycles. The molecule has 8 heteroatoms. The number of nitrogens with zero attached hydrogens (tertiary/aromatic N) is 6. The number of anilines is 2. The molecule has 0 bridgehead atoms. The average molecular weight is 403 g/mol. The van der Waals surface area contributed by atoms with Crippen molar-refractivity contribution >= 4 is 22.4 Å². The number of aryl methyl sites for hydroxylation is 1. The molecular formula is C22H25N7O. The number of H-pyrrole nitrogens is 1. The quantitative estimate of drug-likeness (QED) is 0.534. The minimum Gasteiger partial charge on any atom is -0.383 e. The van der Waals surface area contributed by atoms with E-state index in [1.165, 1.54) is 5.56 Å². The molecule has 0 spiro atoms.